The Balaban J connectivity index is 1.76. The summed E-state index contributed by atoms with van der Waals surface area (Å²) >= 11 is 0. The highest BCUT2D eigenvalue weighted by Gasteiger charge is 2.44. The molecule has 2 heterocycles. The van der Waals surface area contributed by atoms with E-state index in [0.717, 1.165) is 25.8 Å². The number of benzene rings is 1. The minimum absolute atomic E-state index is 0.0407. The topological polar surface area (TPSA) is 38.8 Å². The van der Waals surface area contributed by atoms with Crippen LogP contribution in [0.5, 0.6) is 0 Å². The van der Waals surface area contributed by atoms with Crippen LogP contribution in [0.4, 0.5) is 4.39 Å². The largest absolute Gasteiger partial charge is 0.379 e. The molecule has 0 aliphatic carbocycles. The van der Waals surface area contributed by atoms with Crippen molar-refractivity contribution < 1.29 is 18.7 Å². The van der Waals surface area contributed by atoms with Crippen LogP contribution in [0.3, 0.4) is 0 Å². The number of methoxy groups -OCH3 is 1. The van der Waals surface area contributed by atoms with Gasteiger partial charge < -0.3 is 14.4 Å². The summed E-state index contributed by atoms with van der Waals surface area (Å²) in [6.45, 7) is 3.66. The molecule has 2 atom stereocenters. The van der Waals surface area contributed by atoms with Crippen LogP contribution in [0.15, 0.2) is 18.2 Å². The molecule has 2 fully saturated rings. The molecule has 0 N–H and O–H groups in total. The van der Waals surface area contributed by atoms with E-state index >= 15 is 0 Å². The zero-order valence-electron chi connectivity index (χ0n) is 13.1. The van der Waals surface area contributed by atoms with Gasteiger partial charge in [0.1, 0.15) is 5.82 Å². The average molecular weight is 307 g/mol. The van der Waals surface area contributed by atoms with Gasteiger partial charge in [0.25, 0.3) is 5.91 Å². The third kappa shape index (κ3) is 2.88. The van der Waals surface area contributed by atoms with Gasteiger partial charge in [-0.15, -0.1) is 0 Å². The molecule has 5 heteroatoms. The van der Waals surface area contributed by atoms with Crippen LogP contribution < -0.4 is 0 Å². The van der Waals surface area contributed by atoms with Crippen molar-refractivity contribution in [3.8, 4) is 0 Å². The van der Waals surface area contributed by atoms with Crippen molar-refractivity contribution in [3.63, 3.8) is 0 Å². The smallest absolute Gasteiger partial charge is 0.254 e. The molecule has 2 aliphatic heterocycles. The highest BCUT2D eigenvalue weighted by Crippen LogP contribution is 2.36. The summed E-state index contributed by atoms with van der Waals surface area (Å²) in [6.07, 6.45) is 2.82. The van der Waals surface area contributed by atoms with E-state index in [9.17, 15) is 9.18 Å². The highest BCUT2D eigenvalue weighted by atomic mass is 19.1. The maximum absolute atomic E-state index is 13.2. The number of carbonyl (C=O) groups is 1. The first-order chi connectivity index (χ1) is 10.5. The number of likely N-dealkylation sites (tertiary alicyclic amines) is 1. The zero-order valence-corrected chi connectivity index (χ0v) is 13.1. The van der Waals surface area contributed by atoms with Gasteiger partial charge in [-0.2, -0.15) is 0 Å². The number of piperidine rings is 1. The van der Waals surface area contributed by atoms with Gasteiger partial charge in [0.15, 0.2) is 0 Å². The van der Waals surface area contributed by atoms with Crippen molar-refractivity contribution in [1.82, 2.24) is 4.90 Å². The highest BCUT2D eigenvalue weighted by molar-refractivity contribution is 5.95. The molecule has 2 saturated heterocycles. The Morgan fingerprint density at radius 2 is 2.32 bits per heavy atom. The number of halogens is 1. The van der Waals surface area contributed by atoms with Gasteiger partial charge in [-0.25, -0.2) is 4.39 Å². The molecular formula is C17H22FNO3. The van der Waals surface area contributed by atoms with E-state index in [2.05, 4.69) is 0 Å². The van der Waals surface area contributed by atoms with Crippen LogP contribution in [0.25, 0.3) is 0 Å². The van der Waals surface area contributed by atoms with Gasteiger partial charge in [0.2, 0.25) is 0 Å². The van der Waals surface area contributed by atoms with E-state index in [1.165, 1.54) is 12.1 Å². The summed E-state index contributed by atoms with van der Waals surface area (Å²) in [7, 11) is 1.70. The lowest BCUT2D eigenvalue weighted by atomic mass is 9.89. The normalized spacial score (nSPS) is 28.3. The Morgan fingerprint density at radius 3 is 3.00 bits per heavy atom. The number of nitrogens with zero attached hydrogens (tertiary/aromatic N) is 1. The van der Waals surface area contributed by atoms with Crippen LogP contribution in [0.1, 0.15) is 35.2 Å². The molecule has 2 aliphatic rings. The third-order valence-electron chi connectivity index (χ3n) is 4.75. The van der Waals surface area contributed by atoms with Crippen molar-refractivity contribution >= 4 is 5.91 Å². The predicted molar refractivity (Wildman–Crippen MR) is 80.4 cm³/mol. The summed E-state index contributed by atoms with van der Waals surface area (Å²) in [5, 5.41) is 0. The van der Waals surface area contributed by atoms with Gasteiger partial charge >= 0.3 is 0 Å². The monoisotopic (exact) mass is 307 g/mol. The minimum atomic E-state index is -0.314. The van der Waals surface area contributed by atoms with Gasteiger partial charge in [0.05, 0.1) is 24.9 Å². The van der Waals surface area contributed by atoms with E-state index in [1.54, 1.807) is 20.1 Å². The van der Waals surface area contributed by atoms with Gasteiger partial charge in [-0.05, 0) is 43.5 Å². The van der Waals surface area contributed by atoms with Gasteiger partial charge in [-0.1, -0.05) is 0 Å². The Kier molecular flexibility index (Phi) is 4.19. The lowest BCUT2D eigenvalue weighted by molar-refractivity contribution is -0.0458. The van der Waals surface area contributed by atoms with E-state index in [4.69, 9.17) is 9.47 Å². The van der Waals surface area contributed by atoms with Crippen LogP contribution in [0.2, 0.25) is 0 Å². The number of hydrogen-bond acceptors (Lipinski definition) is 3. The van der Waals surface area contributed by atoms with Crippen LogP contribution in [0, 0.1) is 12.7 Å². The fraction of sp³-hybridized carbons (Fsp3) is 0.588. The SMILES string of the molecule is CO[C@@H]1CO[C@@]2(CCCN(C(=O)c3ccc(F)cc3C)C2)C1. The molecule has 0 bridgehead atoms. The van der Waals surface area contributed by atoms with E-state index < -0.39 is 0 Å². The number of amides is 1. The van der Waals surface area contributed by atoms with Crippen molar-refractivity contribution in [2.45, 2.75) is 37.9 Å². The predicted octanol–water partition coefficient (Wildman–Crippen LogP) is 2.54. The minimum Gasteiger partial charge on any atom is -0.379 e. The van der Waals surface area contributed by atoms with Crippen molar-refractivity contribution in [1.29, 1.82) is 0 Å². The maximum Gasteiger partial charge on any atom is 0.254 e. The Labute approximate surface area is 130 Å². The van der Waals surface area contributed by atoms with Crippen molar-refractivity contribution in [3.05, 3.63) is 35.1 Å². The number of ether oxygens (including phenoxy) is 2. The summed E-state index contributed by atoms with van der Waals surface area (Å²) in [5.74, 6) is -0.354. The fourth-order valence-corrected chi connectivity index (χ4v) is 3.55. The zero-order chi connectivity index (χ0) is 15.7. The Morgan fingerprint density at radius 1 is 1.50 bits per heavy atom. The molecule has 1 aromatic carbocycles. The summed E-state index contributed by atoms with van der Waals surface area (Å²) in [6, 6.07) is 4.31. The average Bonchev–Trinajstić information content (AvgIpc) is 2.89. The number of aryl methyl sites for hydroxylation is 1. The first-order valence-electron chi connectivity index (χ1n) is 7.75. The van der Waals surface area contributed by atoms with Crippen molar-refractivity contribution in [2.75, 3.05) is 26.8 Å². The molecule has 0 unspecified atom stereocenters. The Hall–Kier alpha value is -1.46. The molecule has 22 heavy (non-hydrogen) atoms. The number of carbonyl (C=O) groups excluding carboxylic acids is 1. The second-order valence-corrected chi connectivity index (χ2v) is 6.35. The first kappa shape index (κ1) is 15.4. The second-order valence-electron chi connectivity index (χ2n) is 6.35. The quantitative estimate of drug-likeness (QED) is 0.843. The third-order valence-corrected chi connectivity index (χ3v) is 4.75. The van der Waals surface area contributed by atoms with Crippen molar-refractivity contribution in [2.24, 2.45) is 0 Å². The van der Waals surface area contributed by atoms with E-state index in [0.29, 0.717) is 24.3 Å². The molecule has 1 amide bonds. The molecule has 4 nitrogen and oxygen atoms in total. The molecule has 120 valence electrons. The van der Waals surface area contributed by atoms with Gasteiger partial charge in [0, 0.05) is 25.6 Å². The molecule has 0 saturated carbocycles. The number of hydrogen-bond donors (Lipinski definition) is 0. The van der Waals surface area contributed by atoms with Crippen LogP contribution in [-0.4, -0.2) is 49.3 Å². The first-order valence-corrected chi connectivity index (χ1v) is 7.75. The molecule has 1 spiro atoms. The lowest BCUT2D eigenvalue weighted by Crippen LogP contribution is -2.50. The Bertz CT molecular complexity index is 577. The molecular weight excluding hydrogens is 285 g/mol. The summed E-state index contributed by atoms with van der Waals surface area (Å²) < 4.78 is 24.6. The van der Waals surface area contributed by atoms with Gasteiger partial charge in [-0.3, -0.25) is 4.79 Å². The molecule has 0 radical (unpaired) electrons. The van der Waals surface area contributed by atoms with Crippen LogP contribution in [-0.2, 0) is 9.47 Å². The standard InChI is InChI=1S/C17H22FNO3/c1-12-8-13(18)4-5-15(12)16(20)19-7-3-6-17(11-19)9-14(21-2)10-22-17/h4-5,8,14H,3,6-7,9-11H2,1-2H3/t14-,17-/m0/s1. The second kappa shape index (κ2) is 5.97. The fourth-order valence-electron chi connectivity index (χ4n) is 3.55. The lowest BCUT2D eigenvalue weighted by Gasteiger charge is -2.39. The summed E-state index contributed by atoms with van der Waals surface area (Å²) in [5.41, 5.74) is 0.967. The van der Waals surface area contributed by atoms with E-state index in [-0.39, 0.29) is 23.4 Å². The molecule has 3 rings (SSSR count). The summed E-state index contributed by atoms with van der Waals surface area (Å²) in [4.78, 5) is 14.6. The van der Waals surface area contributed by atoms with Crippen LogP contribution >= 0.6 is 0 Å². The molecule has 1 aromatic rings. The molecule has 0 aromatic heterocycles. The van der Waals surface area contributed by atoms with E-state index in [1.807, 2.05) is 4.90 Å². The number of rotatable bonds is 2. The maximum atomic E-state index is 13.2.